The number of hydrogen-bond acceptors (Lipinski definition) is 4. The molecule has 0 aliphatic carbocycles. The Labute approximate surface area is 139 Å². The monoisotopic (exact) mass is 330 g/mol. The number of esters is 1. The van der Waals surface area contributed by atoms with Crippen molar-refractivity contribution in [3.63, 3.8) is 0 Å². The Morgan fingerprint density at radius 1 is 1.14 bits per heavy atom. The van der Waals surface area contributed by atoms with Crippen molar-refractivity contribution >= 4 is 24.6 Å². The van der Waals surface area contributed by atoms with Crippen molar-refractivity contribution < 1.29 is 19.4 Å². The molecule has 0 aromatic rings. The predicted molar refractivity (Wildman–Crippen MR) is 92.3 cm³/mol. The number of carbonyl (C=O) groups is 2. The molecule has 128 valence electrons. The van der Waals surface area contributed by atoms with E-state index in [4.69, 9.17) is 9.84 Å². The molecule has 0 spiro atoms. The van der Waals surface area contributed by atoms with Crippen LogP contribution in [0.1, 0.15) is 64.7 Å². The molecular formula is C17H30O4S. The molecule has 0 heterocycles. The zero-order valence-corrected chi connectivity index (χ0v) is 14.5. The molecule has 0 radical (unpaired) electrons. The zero-order chi connectivity index (χ0) is 16.6. The first-order valence-corrected chi connectivity index (χ1v) is 8.91. The Kier molecular flexibility index (Phi) is 14.3. The van der Waals surface area contributed by atoms with E-state index in [1.165, 1.54) is 32.1 Å². The average Bonchev–Trinajstić information content (AvgIpc) is 2.48. The van der Waals surface area contributed by atoms with Gasteiger partial charge < -0.3 is 9.84 Å². The summed E-state index contributed by atoms with van der Waals surface area (Å²) in [6, 6.07) is 0. The lowest BCUT2D eigenvalue weighted by molar-refractivity contribution is -0.151. The molecule has 22 heavy (non-hydrogen) atoms. The van der Waals surface area contributed by atoms with E-state index in [-0.39, 0.29) is 6.42 Å². The van der Waals surface area contributed by atoms with Crippen LogP contribution in [0.4, 0.5) is 0 Å². The van der Waals surface area contributed by atoms with E-state index in [0.717, 1.165) is 12.8 Å². The van der Waals surface area contributed by atoms with Gasteiger partial charge in [-0.15, -0.1) is 0 Å². The van der Waals surface area contributed by atoms with Crippen LogP contribution in [0, 0.1) is 5.92 Å². The Hall–Kier alpha value is -0.970. The number of allylic oxidation sites excluding steroid dienone is 1. The third-order valence-corrected chi connectivity index (χ3v) is 3.65. The van der Waals surface area contributed by atoms with Crippen molar-refractivity contribution in [2.45, 2.75) is 64.7 Å². The molecule has 0 saturated carbocycles. The predicted octanol–water partition coefficient (Wildman–Crippen LogP) is 4.25. The van der Waals surface area contributed by atoms with Crippen LogP contribution in [0.15, 0.2) is 12.2 Å². The SMILES string of the molecule is CCCCCCCCC=CC(CC(=O)O)C(=O)OCCCS. The van der Waals surface area contributed by atoms with E-state index in [1.807, 2.05) is 6.08 Å². The first-order chi connectivity index (χ1) is 10.6. The highest BCUT2D eigenvalue weighted by Crippen LogP contribution is 2.12. The summed E-state index contributed by atoms with van der Waals surface area (Å²) >= 11 is 4.04. The van der Waals surface area contributed by atoms with Crippen molar-refractivity contribution in [3.8, 4) is 0 Å². The Bertz CT molecular complexity index is 329. The molecule has 0 bridgehead atoms. The third-order valence-electron chi connectivity index (χ3n) is 3.34. The molecule has 1 unspecified atom stereocenters. The number of carboxylic acids is 1. The van der Waals surface area contributed by atoms with Gasteiger partial charge >= 0.3 is 11.9 Å². The molecule has 0 amide bonds. The molecule has 1 atom stereocenters. The molecule has 0 aliphatic rings. The van der Waals surface area contributed by atoms with Crippen LogP contribution in [0.25, 0.3) is 0 Å². The molecule has 1 N–H and O–H groups in total. The molecule has 0 aromatic heterocycles. The number of thiol groups is 1. The van der Waals surface area contributed by atoms with Gasteiger partial charge in [-0.1, -0.05) is 51.2 Å². The second kappa shape index (κ2) is 14.9. The summed E-state index contributed by atoms with van der Waals surface area (Å²) < 4.78 is 5.07. The number of carboxylic acid groups (broad SMARTS) is 1. The molecule has 4 nitrogen and oxygen atoms in total. The van der Waals surface area contributed by atoms with E-state index < -0.39 is 17.9 Å². The van der Waals surface area contributed by atoms with E-state index >= 15 is 0 Å². The molecule has 0 aromatic carbocycles. The summed E-state index contributed by atoms with van der Waals surface area (Å²) in [5.74, 6) is -1.48. The van der Waals surface area contributed by atoms with Crippen LogP contribution in [0.5, 0.6) is 0 Å². The molecule has 0 fully saturated rings. The number of hydrogen-bond donors (Lipinski definition) is 2. The van der Waals surface area contributed by atoms with E-state index in [1.54, 1.807) is 6.08 Å². The van der Waals surface area contributed by atoms with E-state index in [9.17, 15) is 9.59 Å². The number of carbonyl (C=O) groups excluding carboxylic acids is 1. The average molecular weight is 330 g/mol. The van der Waals surface area contributed by atoms with Crippen molar-refractivity contribution in [2.24, 2.45) is 5.92 Å². The number of rotatable bonds is 14. The summed E-state index contributed by atoms with van der Waals surface area (Å²) in [5.41, 5.74) is 0. The summed E-state index contributed by atoms with van der Waals surface area (Å²) in [4.78, 5) is 22.7. The third kappa shape index (κ3) is 12.7. The Morgan fingerprint density at radius 2 is 1.82 bits per heavy atom. The Morgan fingerprint density at radius 3 is 2.45 bits per heavy atom. The molecular weight excluding hydrogens is 300 g/mol. The summed E-state index contributed by atoms with van der Waals surface area (Å²) in [7, 11) is 0. The van der Waals surface area contributed by atoms with Crippen LogP contribution < -0.4 is 0 Å². The van der Waals surface area contributed by atoms with Crippen LogP contribution in [0.2, 0.25) is 0 Å². The fourth-order valence-electron chi connectivity index (χ4n) is 2.07. The standard InChI is InChI=1S/C17H30O4S/c1-2-3-4-5-6-7-8-9-11-15(14-16(18)19)17(20)21-12-10-13-22/h9,11,15,22H,2-8,10,12-14H2,1H3,(H,18,19). The van der Waals surface area contributed by atoms with Gasteiger partial charge in [0.2, 0.25) is 0 Å². The van der Waals surface area contributed by atoms with Crippen LogP contribution in [-0.4, -0.2) is 29.4 Å². The quantitative estimate of drug-likeness (QED) is 0.216. The van der Waals surface area contributed by atoms with Gasteiger partial charge in [-0.2, -0.15) is 12.6 Å². The fourth-order valence-corrected chi connectivity index (χ4v) is 2.19. The van der Waals surface area contributed by atoms with Gasteiger partial charge in [-0.05, 0) is 25.0 Å². The van der Waals surface area contributed by atoms with Crippen LogP contribution in [-0.2, 0) is 14.3 Å². The van der Waals surface area contributed by atoms with Crippen molar-refractivity contribution in [1.82, 2.24) is 0 Å². The highest BCUT2D eigenvalue weighted by Gasteiger charge is 2.20. The minimum atomic E-state index is -0.986. The maximum atomic E-state index is 11.8. The highest BCUT2D eigenvalue weighted by atomic mass is 32.1. The van der Waals surface area contributed by atoms with Gasteiger partial charge in [-0.25, -0.2) is 0 Å². The summed E-state index contributed by atoms with van der Waals surface area (Å²) in [6.45, 7) is 2.49. The lowest BCUT2D eigenvalue weighted by Crippen LogP contribution is -2.19. The maximum Gasteiger partial charge on any atom is 0.313 e. The van der Waals surface area contributed by atoms with Gasteiger partial charge in [-0.3, -0.25) is 9.59 Å². The van der Waals surface area contributed by atoms with Gasteiger partial charge in [0.25, 0.3) is 0 Å². The second-order valence-electron chi connectivity index (χ2n) is 5.43. The molecule has 0 saturated heterocycles. The number of ether oxygens (including phenoxy) is 1. The molecule has 5 heteroatoms. The largest absolute Gasteiger partial charge is 0.481 e. The first-order valence-electron chi connectivity index (χ1n) is 8.27. The smallest absolute Gasteiger partial charge is 0.313 e. The molecule has 0 aliphatic heterocycles. The van der Waals surface area contributed by atoms with Crippen LogP contribution in [0.3, 0.4) is 0 Å². The first kappa shape index (κ1) is 21.0. The molecule has 0 rings (SSSR count). The summed E-state index contributed by atoms with van der Waals surface area (Å²) in [5, 5.41) is 8.87. The van der Waals surface area contributed by atoms with Gasteiger partial charge in [0.05, 0.1) is 18.9 Å². The summed E-state index contributed by atoms with van der Waals surface area (Å²) in [6.07, 6.45) is 12.2. The fraction of sp³-hybridized carbons (Fsp3) is 0.765. The van der Waals surface area contributed by atoms with Gasteiger partial charge in [0, 0.05) is 0 Å². The van der Waals surface area contributed by atoms with Crippen molar-refractivity contribution in [3.05, 3.63) is 12.2 Å². The van der Waals surface area contributed by atoms with E-state index in [2.05, 4.69) is 19.6 Å². The van der Waals surface area contributed by atoms with Crippen molar-refractivity contribution in [2.75, 3.05) is 12.4 Å². The van der Waals surface area contributed by atoms with Crippen molar-refractivity contribution in [1.29, 1.82) is 0 Å². The lowest BCUT2D eigenvalue weighted by Gasteiger charge is -2.10. The zero-order valence-electron chi connectivity index (χ0n) is 13.6. The lowest BCUT2D eigenvalue weighted by atomic mass is 10.0. The minimum Gasteiger partial charge on any atom is -0.481 e. The minimum absolute atomic E-state index is 0.216. The number of aliphatic carboxylic acids is 1. The normalized spacial score (nSPS) is 12.5. The number of unbranched alkanes of at least 4 members (excludes halogenated alkanes) is 6. The second-order valence-corrected chi connectivity index (χ2v) is 5.88. The highest BCUT2D eigenvalue weighted by molar-refractivity contribution is 7.80. The Balaban J connectivity index is 4.03. The van der Waals surface area contributed by atoms with E-state index in [0.29, 0.717) is 18.8 Å². The topological polar surface area (TPSA) is 63.6 Å². The van der Waals surface area contributed by atoms with Gasteiger partial charge in [0.1, 0.15) is 0 Å². The maximum absolute atomic E-state index is 11.8. The van der Waals surface area contributed by atoms with Crippen LogP contribution >= 0.6 is 12.6 Å². The van der Waals surface area contributed by atoms with Gasteiger partial charge in [0.15, 0.2) is 0 Å².